The van der Waals surface area contributed by atoms with E-state index in [1.807, 2.05) is 0 Å². The van der Waals surface area contributed by atoms with E-state index in [9.17, 15) is 0 Å². The topological polar surface area (TPSA) is 95.8 Å². The Hall–Kier alpha value is 0.540. The lowest BCUT2D eigenvalue weighted by atomic mass is 10.2. The van der Waals surface area contributed by atoms with Crippen LogP contribution in [0.3, 0.4) is 0 Å². The Bertz CT molecular complexity index is 255. The minimum Gasteiger partial charge on any atom is -0.394 e. The summed E-state index contributed by atoms with van der Waals surface area (Å²) in [6.45, 7) is 3.51. The zero-order valence-corrected chi connectivity index (χ0v) is 17.3. The fourth-order valence-electron chi connectivity index (χ4n) is 2.13. The summed E-state index contributed by atoms with van der Waals surface area (Å²) in [5.41, 5.74) is 0. The van der Waals surface area contributed by atoms with Crippen LogP contribution in [0.25, 0.3) is 0 Å². The van der Waals surface area contributed by atoms with Crippen molar-refractivity contribution in [2.24, 2.45) is 0 Å². The molecule has 10 heteroatoms. The van der Waals surface area contributed by atoms with Crippen LogP contribution in [-0.4, -0.2) is 63.1 Å². The molecule has 0 amide bonds. The van der Waals surface area contributed by atoms with E-state index in [0.717, 1.165) is 25.7 Å². The van der Waals surface area contributed by atoms with Gasteiger partial charge in [0.1, 0.15) is 0 Å². The first-order valence-electron chi connectivity index (χ1n) is 9.46. The summed E-state index contributed by atoms with van der Waals surface area (Å²) < 4.78 is 33.0. The summed E-state index contributed by atoms with van der Waals surface area (Å²) in [5, 5.41) is 16.2. The summed E-state index contributed by atoms with van der Waals surface area (Å²) in [6, 6.07) is 0. The number of hydrogen-bond donors (Lipinski definition) is 2. The van der Waals surface area contributed by atoms with Gasteiger partial charge in [-0.05, 0) is 25.7 Å². The summed E-state index contributed by atoms with van der Waals surface area (Å²) in [6.07, 6.45) is 9.11. The fraction of sp³-hybridized carbons (Fsp3) is 1.00. The van der Waals surface area contributed by atoms with Gasteiger partial charge in [0.15, 0.2) is 0 Å². The minimum atomic E-state index is -1.31. The molecule has 0 aromatic carbocycles. The van der Waals surface area contributed by atoms with Crippen LogP contribution in [0.5, 0.6) is 0 Å². The van der Waals surface area contributed by atoms with E-state index in [2.05, 4.69) is 4.74 Å². The number of aliphatic hydroxyl groups is 2. The highest BCUT2D eigenvalue weighted by molar-refractivity contribution is 7.55. The molecule has 0 aliphatic carbocycles. The van der Waals surface area contributed by atoms with E-state index < -0.39 is 17.2 Å². The molecule has 2 fully saturated rings. The predicted octanol–water partition coefficient (Wildman–Crippen LogP) is 3.66. The lowest BCUT2D eigenvalue weighted by Crippen LogP contribution is -2.03. The summed E-state index contributed by atoms with van der Waals surface area (Å²) in [7, 11) is -2.61. The van der Waals surface area contributed by atoms with Crippen molar-refractivity contribution in [3.05, 3.63) is 0 Å². The Morgan fingerprint density at radius 3 is 1.23 bits per heavy atom. The third-order valence-corrected chi connectivity index (χ3v) is 6.11. The molecule has 156 valence electrons. The number of rotatable bonds is 6. The van der Waals surface area contributed by atoms with Crippen molar-refractivity contribution in [3.63, 3.8) is 0 Å². The van der Waals surface area contributed by atoms with Gasteiger partial charge in [-0.1, -0.05) is 25.7 Å². The molecule has 0 spiro atoms. The molecule has 2 heterocycles. The van der Waals surface area contributed by atoms with Crippen molar-refractivity contribution in [1.82, 2.24) is 0 Å². The average molecular weight is 416 g/mol. The first-order valence-corrected chi connectivity index (χ1v) is 11.7. The molecule has 2 saturated heterocycles. The zero-order chi connectivity index (χ0) is 18.7. The van der Waals surface area contributed by atoms with Crippen molar-refractivity contribution >= 4 is 17.2 Å². The Kier molecular flexibility index (Phi) is 17.8. The van der Waals surface area contributed by atoms with Gasteiger partial charge in [0.2, 0.25) is 0 Å². The molecule has 8 nitrogen and oxygen atoms in total. The van der Waals surface area contributed by atoms with Crippen LogP contribution < -0.4 is 0 Å². The van der Waals surface area contributed by atoms with Crippen molar-refractivity contribution in [3.8, 4) is 0 Å². The van der Waals surface area contributed by atoms with E-state index in [1.54, 1.807) is 0 Å². The van der Waals surface area contributed by atoms with Gasteiger partial charge >= 0.3 is 17.2 Å². The van der Waals surface area contributed by atoms with E-state index in [0.29, 0.717) is 39.6 Å². The van der Waals surface area contributed by atoms with E-state index in [-0.39, 0.29) is 13.2 Å². The molecule has 2 rings (SSSR count). The maximum absolute atomic E-state index is 8.09. The van der Waals surface area contributed by atoms with Gasteiger partial charge in [-0.15, -0.1) is 0 Å². The van der Waals surface area contributed by atoms with Crippen molar-refractivity contribution in [2.75, 3.05) is 52.9 Å². The van der Waals surface area contributed by atoms with Gasteiger partial charge in [0.25, 0.3) is 0 Å². The second kappa shape index (κ2) is 18.9. The summed E-state index contributed by atoms with van der Waals surface area (Å²) in [4.78, 5) is 0. The number of aliphatic hydroxyl groups excluding tert-OH is 2. The number of hydrogen-bond acceptors (Lipinski definition) is 8. The molecule has 0 saturated carbocycles. The maximum atomic E-state index is 8.09. The zero-order valence-electron chi connectivity index (χ0n) is 15.6. The smallest absolute Gasteiger partial charge is 0.339 e. The van der Waals surface area contributed by atoms with Crippen LogP contribution >= 0.6 is 17.2 Å². The van der Waals surface area contributed by atoms with Gasteiger partial charge in [0, 0.05) is 0 Å². The van der Waals surface area contributed by atoms with Crippen LogP contribution in [0.2, 0.25) is 0 Å². The molecular formula is C16H34O8P2. The third-order valence-electron chi connectivity index (χ3n) is 3.47. The lowest BCUT2D eigenvalue weighted by molar-refractivity contribution is 0.0650. The Morgan fingerprint density at radius 1 is 0.577 bits per heavy atom. The van der Waals surface area contributed by atoms with Crippen molar-refractivity contribution in [1.29, 1.82) is 0 Å². The van der Waals surface area contributed by atoms with Crippen LogP contribution in [0.15, 0.2) is 0 Å². The predicted molar refractivity (Wildman–Crippen MR) is 101 cm³/mol. The first kappa shape index (κ1) is 24.6. The third kappa shape index (κ3) is 14.6. The molecule has 0 unspecified atom stereocenters. The van der Waals surface area contributed by atoms with E-state index in [1.165, 1.54) is 25.7 Å². The van der Waals surface area contributed by atoms with E-state index >= 15 is 0 Å². The van der Waals surface area contributed by atoms with Crippen molar-refractivity contribution in [2.45, 2.75) is 51.4 Å². The fourth-order valence-corrected chi connectivity index (χ4v) is 4.58. The Balaban J connectivity index is 0.000000412. The standard InChI is InChI=1S/C12H24O5P2.C4H10O3/c1-2-6-10-14-18(13-9-5-1)17-19-15-11-7-3-4-8-12-16-19;5-1-3-7-4-2-6/h1-12H2;5-6H,1-4H2. The van der Waals surface area contributed by atoms with Gasteiger partial charge in [-0.3, -0.25) is 0 Å². The first-order chi connectivity index (χ1) is 12.9. The maximum Gasteiger partial charge on any atom is 0.339 e. The van der Waals surface area contributed by atoms with Crippen LogP contribution in [0.4, 0.5) is 0 Å². The van der Waals surface area contributed by atoms with E-state index in [4.69, 9.17) is 32.6 Å². The molecule has 2 aliphatic heterocycles. The highest BCUT2D eigenvalue weighted by atomic mass is 31.2. The summed E-state index contributed by atoms with van der Waals surface area (Å²) >= 11 is 0. The van der Waals surface area contributed by atoms with Crippen LogP contribution in [0.1, 0.15) is 51.4 Å². The van der Waals surface area contributed by atoms with Gasteiger partial charge in [-0.2, -0.15) is 0 Å². The Labute approximate surface area is 159 Å². The van der Waals surface area contributed by atoms with Gasteiger partial charge < -0.3 is 33.0 Å². The SMILES string of the molecule is C1CCCOP(OP2OCCCCCCO2)OCC1.OCCOCCO. The lowest BCUT2D eigenvalue weighted by Gasteiger charge is -2.20. The molecule has 0 atom stereocenters. The van der Waals surface area contributed by atoms with Crippen LogP contribution in [0, 0.1) is 0 Å². The normalized spacial score (nSPS) is 21.9. The average Bonchev–Trinajstić information content (AvgIpc) is 2.86. The molecule has 0 radical (unpaired) electrons. The molecule has 0 bridgehead atoms. The Morgan fingerprint density at radius 2 is 0.923 bits per heavy atom. The molecule has 26 heavy (non-hydrogen) atoms. The largest absolute Gasteiger partial charge is 0.394 e. The molecular weight excluding hydrogens is 382 g/mol. The summed E-state index contributed by atoms with van der Waals surface area (Å²) in [5.74, 6) is 0. The minimum absolute atomic E-state index is 0.0278. The quantitative estimate of drug-likeness (QED) is 0.500. The molecule has 0 aromatic rings. The van der Waals surface area contributed by atoms with Crippen LogP contribution in [-0.2, 0) is 27.1 Å². The molecule has 2 aliphatic rings. The second-order valence-electron chi connectivity index (χ2n) is 5.75. The highest BCUT2D eigenvalue weighted by Gasteiger charge is 2.24. The van der Waals surface area contributed by atoms with Crippen molar-refractivity contribution < 1.29 is 37.4 Å². The highest BCUT2D eigenvalue weighted by Crippen LogP contribution is 2.56. The second-order valence-corrected chi connectivity index (χ2v) is 8.33. The molecule has 0 aromatic heterocycles. The van der Waals surface area contributed by atoms with Gasteiger partial charge in [0.05, 0.1) is 52.9 Å². The van der Waals surface area contributed by atoms with Gasteiger partial charge in [-0.25, -0.2) is 4.31 Å². The number of ether oxygens (including phenoxy) is 1. The molecule has 2 N–H and O–H groups in total. The monoisotopic (exact) mass is 416 g/mol.